The predicted molar refractivity (Wildman–Crippen MR) is 83.6 cm³/mol. The SMILES string of the molecule is OC(COc1cccc(Cl)c1)c1ccc2ncccc2c1. The Morgan fingerprint density at radius 3 is 2.86 bits per heavy atom. The quantitative estimate of drug-likeness (QED) is 0.792. The summed E-state index contributed by atoms with van der Waals surface area (Å²) in [6, 6.07) is 16.6. The Labute approximate surface area is 127 Å². The van der Waals surface area contributed by atoms with E-state index in [1.807, 2.05) is 42.5 Å². The van der Waals surface area contributed by atoms with Gasteiger partial charge in [-0.25, -0.2) is 0 Å². The molecule has 4 heteroatoms. The van der Waals surface area contributed by atoms with Crippen molar-refractivity contribution in [2.75, 3.05) is 6.61 Å². The first-order valence-electron chi connectivity index (χ1n) is 6.63. The smallest absolute Gasteiger partial charge is 0.120 e. The van der Waals surface area contributed by atoms with E-state index in [4.69, 9.17) is 16.3 Å². The van der Waals surface area contributed by atoms with E-state index in [9.17, 15) is 5.11 Å². The van der Waals surface area contributed by atoms with E-state index in [2.05, 4.69) is 4.98 Å². The third-order valence-electron chi connectivity index (χ3n) is 3.22. The largest absolute Gasteiger partial charge is 0.490 e. The van der Waals surface area contributed by atoms with Crippen LogP contribution < -0.4 is 4.74 Å². The number of halogens is 1. The third-order valence-corrected chi connectivity index (χ3v) is 3.45. The molecule has 0 aliphatic carbocycles. The van der Waals surface area contributed by atoms with E-state index in [0.717, 1.165) is 16.5 Å². The fourth-order valence-electron chi connectivity index (χ4n) is 2.13. The second-order valence-corrected chi connectivity index (χ2v) is 5.18. The van der Waals surface area contributed by atoms with Crippen LogP contribution in [0.4, 0.5) is 0 Å². The molecule has 1 atom stereocenters. The minimum absolute atomic E-state index is 0.173. The molecule has 1 N–H and O–H groups in total. The molecule has 2 aromatic carbocycles. The van der Waals surface area contributed by atoms with Crippen LogP contribution in [-0.4, -0.2) is 16.7 Å². The van der Waals surface area contributed by atoms with Crippen LogP contribution in [0.2, 0.25) is 5.02 Å². The normalized spacial score (nSPS) is 12.3. The Balaban J connectivity index is 1.73. The van der Waals surface area contributed by atoms with E-state index < -0.39 is 6.10 Å². The maximum atomic E-state index is 10.2. The first kappa shape index (κ1) is 13.9. The highest BCUT2D eigenvalue weighted by atomic mass is 35.5. The number of rotatable bonds is 4. The van der Waals surface area contributed by atoms with Gasteiger partial charge in [0.05, 0.1) is 5.52 Å². The summed E-state index contributed by atoms with van der Waals surface area (Å²) in [7, 11) is 0. The third kappa shape index (κ3) is 3.32. The van der Waals surface area contributed by atoms with Crippen molar-refractivity contribution in [3.8, 4) is 5.75 Å². The molecular weight excluding hydrogens is 286 g/mol. The average molecular weight is 300 g/mol. The first-order valence-corrected chi connectivity index (χ1v) is 7.01. The second kappa shape index (κ2) is 6.12. The highest BCUT2D eigenvalue weighted by Crippen LogP contribution is 2.22. The number of pyridine rings is 1. The molecule has 3 nitrogen and oxygen atoms in total. The first-order chi connectivity index (χ1) is 10.2. The summed E-state index contributed by atoms with van der Waals surface area (Å²) < 4.78 is 5.57. The number of aliphatic hydroxyl groups excluding tert-OH is 1. The summed E-state index contributed by atoms with van der Waals surface area (Å²) >= 11 is 5.89. The molecular formula is C17H14ClNO2. The minimum atomic E-state index is -0.700. The molecule has 0 fully saturated rings. The maximum Gasteiger partial charge on any atom is 0.120 e. The van der Waals surface area contributed by atoms with E-state index >= 15 is 0 Å². The summed E-state index contributed by atoms with van der Waals surface area (Å²) in [5.74, 6) is 0.643. The summed E-state index contributed by atoms with van der Waals surface area (Å²) in [4.78, 5) is 4.26. The second-order valence-electron chi connectivity index (χ2n) is 4.74. The van der Waals surface area contributed by atoms with E-state index in [1.54, 1.807) is 18.3 Å². The van der Waals surface area contributed by atoms with E-state index in [0.29, 0.717) is 10.8 Å². The molecule has 1 aromatic heterocycles. The van der Waals surface area contributed by atoms with Gasteiger partial charge in [0.25, 0.3) is 0 Å². The topological polar surface area (TPSA) is 42.4 Å². The molecule has 21 heavy (non-hydrogen) atoms. The van der Waals surface area contributed by atoms with Gasteiger partial charge in [0.2, 0.25) is 0 Å². The standard InChI is InChI=1S/C17H14ClNO2/c18-14-4-1-5-15(10-14)21-11-17(20)13-6-7-16-12(9-13)3-2-8-19-16/h1-10,17,20H,11H2. The molecule has 3 rings (SSSR count). The van der Waals surface area contributed by atoms with Crippen molar-refractivity contribution in [2.45, 2.75) is 6.10 Å². The molecule has 0 bridgehead atoms. The molecule has 0 aliphatic rings. The van der Waals surface area contributed by atoms with E-state index in [1.165, 1.54) is 0 Å². The van der Waals surface area contributed by atoms with Crippen LogP contribution >= 0.6 is 11.6 Å². The molecule has 1 unspecified atom stereocenters. The zero-order valence-electron chi connectivity index (χ0n) is 11.2. The van der Waals surface area contributed by atoms with Crippen molar-refractivity contribution in [1.82, 2.24) is 4.98 Å². The van der Waals surface area contributed by atoms with Gasteiger partial charge in [-0.1, -0.05) is 29.8 Å². The van der Waals surface area contributed by atoms with Gasteiger partial charge in [-0.3, -0.25) is 4.98 Å². The molecule has 0 saturated carbocycles. The number of benzene rings is 2. The molecule has 0 radical (unpaired) electrons. The number of hydrogen-bond acceptors (Lipinski definition) is 3. The molecule has 0 spiro atoms. The van der Waals surface area contributed by atoms with Gasteiger partial charge in [0.1, 0.15) is 18.5 Å². The lowest BCUT2D eigenvalue weighted by Gasteiger charge is -2.13. The van der Waals surface area contributed by atoms with Crippen LogP contribution in [0.1, 0.15) is 11.7 Å². The van der Waals surface area contributed by atoms with Crippen molar-refractivity contribution in [3.05, 3.63) is 71.4 Å². The van der Waals surface area contributed by atoms with E-state index in [-0.39, 0.29) is 6.61 Å². The number of fused-ring (bicyclic) bond motifs is 1. The molecule has 0 aliphatic heterocycles. The molecule has 3 aromatic rings. The number of hydrogen-bond donors (Lipinski definition) is 1. The van der Waals surface area contributed by atoms with Gasteiger partial charge in [0, 0.05) is 16.6 Å². The predicted octanol–water partition coefficient (Wildman–Crippen LogP) is 4.00. The van der Waals surface area contributed by atoms with Crippen LogP contribution in [0.3, 0.4) is 0 Å². The Bertz CT molecular complexity index is 760. The Morgan fingerprint density at radius 2 is 2.00 bits per heavy atom. The lowest BCUT2D eigenvalue weighted by Crippen LogP contribution is -2.09. The van der Waals surface area contributed by atoms with Gasteiger partial charge < -0.3 is 9.84 Å². The number of aromatic nitrogens is 1. The molecule has 0 saturated heterocycles. The van der Waals surface area contributed by atoms with Crippen molar-refractivity contribution in [2.24, 2.45) is 0 Å². The van der Waals surface area contributed by atoms with Gasteiger partial charge >= 0.3 is 0 Å². The molecule has 1 heterocycles. The zero-order valence-corrected chi connectivity index (χ0v) is 12.0. The lowest BCUT2D eigenvalue weighted by molar-refractivity contribution is 0.108. The molecule has 0 amide bonds. The van der Waals surface area contributed by atoms with Crippen LogP contribution in [0.25, 0.3) is 10.9 Å². The van der Waals surface area contributed by atoms with Crippen molar-refractivity contribution in [3.63, 3.8) is 0 Å². The average Bonchev–Trinajstić information content (AvgIpc) is 2.52. The highest BCUT2D eigenvalue weighted by Gasteiger charge is 2.09. The summed E-state index contributed by atoms with van der Waals surface area (Å²) in [5.41, 5.74) is 1.71. The Morgan fingerprint density at radius 1 is 1.10 bits per heavy atom. The summed E-state index contributed by atoms with van der Waals surface area (Å²) in [5, 5.41) is 11.8. The highest BCUT2D eigenvalue weighted by molar-refractivity contribution is 6.30. The monoisotopic (exact) mass is 299 g/mol. The fourth-order valence-corrected chi connectivity index (χ4v) is 2.31. The van der Waals surface area contributed by atoms with Crippen molar-refractivity contribution in [1.29, 1.82) is 0 Å². The van der Waals surface area contributed by atoms with Gasteiger partial charge in [0.15, 0.2) is 0 Å². The zero-order chi connectivity index (χ0) is 14.7. The van der Waals surface area contributed by atoms with Gasteiger partial charge in [-0.05, 0) is 42.0 Å². The Hall–Kier alpha value is -2.10. The number of nitrogens with zero attached hydrogens (tertiary/aromatic N) is 1. The van der Waals surface area contributed by atoms with Crippen LogP contribution in [0.5, 0.6) is 5.75 Å². The molecule has 106 valence electrons. The maximum absolute atomic E-state index is 10.2. The lowest BCUT2D eigenvalue weighted by atomic mass is 10.1. The summed E-state index contributed by atoms with van der Waals surface area (Å²) in [6.07, 6.45) is 1.05. The number of ether oxygens (including phenoxy) is 1. The minimum Gasteiger partial charge on any atom is -0.490 e. The fraction of sp³-hybridized carbons (Fsp3) is 0.118. The van der Waals surface area contributed by atoms with Crippen LogP contribution in [-0.2, 0) is 0 Å². The van der Waals surface area contributed by atoms with Crippen LogP contribution in [0.15, 0.2) is 60.8 Å². The number of aliphatic hydroxyl groups is 1. The Kier molecular flexibility index (Phi) is 4.04. The van der Waals surface area contributed by atoms with Crippen molar-refractivity contribution >= 4 is 22.5 Å². The van der Waals surface area contributed by atoms with Crippen LogP contribution in [0, 0.1) is 0 Å². The van der Waals surface area contributed by atoms with Crippen molar-refractivity contribution < 1.29 is 9.84 Å². The van der Waals surface area contributed by atoms with Gasteiger partial charge in [-0.15, -0.1) is 0 Å². The van der Waals surface area contributed by atoms with Gasteiger partial charge in [-0.2, -0.15) is 0 Å². The summed E-state index contributed by atoms with van der Waals surface area (Å²) in [6.45, 7) is 0.173.